The second-order valence-electron chi connectivity index (χ2n) is 9.39. The smallest absolute Gasteiger partial charge is 0.270 e. The summed E-state index contributed by atoms with van der Waals surface area (Å²) in [5, 5.41) is 2.83. The van der Waals surface area contributed by atoms with E-state index >= 15 is 0 Å². The number of rotatable bonds is 6. The zero-order valence-corrected chi connectivity index (χ0v) is 19.0. The summed E-state index contributed by atoms with van der Waals surface area (Å²) in [6.07, 6.45) is 13.0. The molecule has 0 saturated heterocycles. The number of pyridine rings is 2. The third-order valence-corrected chi connectivity index (χ3v) is 7.04. The van der Waals surface area contributed by atoms with Crippen molar-refractivity contribution in [3.05, 3.63) is 94.4 Å². The normalized spacial score (nSPS) is 21.2. The molecule has 1 amide bonds. The number of hydrogen-bond donors (Lipinski definition) is 1. The van der Waals surface area contributed by atoms with Crippen LogP contribution in [0.15, 0.2) is 71.9 Å². The van der Waals surface area contributed by atoms with Crippen LogP contribution >= 0.6 is 0 Å². The Bertz CT molecular complexity index is 1490. The van der Waals surface area contributed by atoms with Crippen LogP contribution in [0.5, 0.6) is 0 Å². The Labute approximate surface area is 196 Å². The van der Waals surface area contributed by atoms with Gasteiger partial charge in [0.2, 0.25) is 0 Å². The van der Waals surface area contributed by atoms with E-state index in [-0.39, 0.29) is 17.8 Å². The fourth-order valence-corrected chi connectivity index (χ4v) is 5.36. The molecule has 0 spiro atoms. The van der Waals surface area contributed by atoms with Gasteiger partial charge in [-0.25, -0.2) is 9.97 Å². The predicted molar refractivity (Wildman–Crippen MR) is 128 cm³/mol. The highest BCUT2D eigenvalue weighted by molar-refractivity contribution is 5.92. The van der Waals surface area contributed by atoms with Crippen molar-refractivity contribution in [2.45, 2.75) is 32.0 Å². The lowest BCUT2D eigenvalue weighted by Gasteiger charge is -2.29. The van der Waals surface area contributed by atoms with Crippen LogP contribution < -0.4 is 10.9 Å². The lowest BCUT2D eigenvalue weighted by atomic mass is 10.00. The van der Waals surface area contributed by atoms with Crippen LogP contribution in [0.25, 0.3) is 11.3 Å². The molecular formula is C26H26N6O2. The largest absolute Gasteiger partial charge is 0.345 e. The van der Waals surface area contributed by atoms with Crippen molar-refractivity contribution >= 4 is 17.2 Å². The molecular weight excluding hydrogens is 428 g/mol. The van der Waals surface area contributed by atoms with Gasteiger partial charge in [0.15, 0.2) is 0 Å². The molecule has 1 fully saturated rings. The van der Waals surface area contributed by atoms with Gasteiger partial charge in [-0.2, -0.15) is 0 Å². The van der Waals surface area contributed by atoms with E-state index in [1.165, 1.54) is 28.9 Å². The molecule has 6 rings (SSSR count). The third-order valence-electron chi connectivity index (χ3n) is 7.04. The van der Waals surface area contributed by atoms with Gasteiger partial charge in [0.1, 0.15) is 17.0 Å². The van der Waals surface area contributed by atoms with E-state index in [0.717, 1.165) is 23.8 Å². The van der Waals surface area contributed by atoms with Gasteiger partial charge < -0.3 is 9.72 Å². The summed E-state index contributed by atoms with van der Waals surface area (Å²) >= 11 is 0. The molecule has 8 heteroatoms. The maximum Gasteiger partial charge on any atom is 0.270 e. The van der Waals surface area contributed by atoms with E-state index in [9.17, 15) is 9.59 Å². The molecule has 8 nitrogen and oxygen atoms in total. The number of amides is 1. The summed E-state index contributed by atoms with van der Waals surface area (Å²) in [6, 6.07) is 11.2. The number of carbonyl (C=O) groups is 1. The van der Waals surface area contributed by atoms with Crippen molar-refractivity contribution in [1.82, 2.24) is 29.0 Å². The first-order chi connectivity index (χ1) is 16.5. The first-order valence-corrected chi connectivity index (χ1v) is 11.7. The van der Waals surface area contributed by atoms with Crippen molar-refractivity contribution in [2.24, 2.45) is 11.8 Å². The zero-order valence-electron chi connectivity index (χ0n) is 19.0. The number of nitrogens with zero attached hydrogens (tertiary/aromatic N) is 5. The van der Waals surface area contributed by atoms with E-state index in [4.69, 9.17) is 0 Å². The second kappa shape index (κ2) is 8.22. The molecule has 1 saturated carbocycles. The summed E-state index contributed by atoms with van der Waals surface area (Å²) in [5.41, 5.74) is 3.06. The molecule has 0 aromatic carbocycles. The molecule has 3 atom stereocenters. The van der Waals surface area contributed by atoms with Crippen molar-refractivity contribution in [2.75, 3.05) is 7.05 Å². The number of carbonyl (C=O) groups excluding carboxylic acids is 1. The summed E-state index contributed by atoms with van der Waals surface area (Å²) in [6.45, 7) is 1.15. The molecule has 172 valence electrons. The Morgan fingerprint density at radius 2 is 2.03 bits per heavy atom. The van der Waals surface area contributed by atoms with Crippen LogP contribution in [0.4, 0.5) is 0 Å². The van der Waals surface area contributed by atoms with Gasteiger partial charge in [0, 0.05) is 37.2 Å². The number of hydrogen-bond acceptors (Lipinski definition) is 5. The summed E-state index contributed by atoms with van der Waals surface area (Å²) < 4.78 is 3.41. The van der Waals surface area contributed by atoms with E-state index in [2.05, 4.69) is 51.6 Å². The Kier molecular flexibility index (Phi) is 5.03. The van der Waals surface area contributed by atoms with Crippen LogP contribution in [0, 0.1) is 11.8 Å². The lowest BCUT2D eigenvalue weighted by Crippen LogP contribution is -2.34. The minimum Gasteiger partial charge on any atom is -0.345 e. The van der Waals surface area contributed by atoms with Gasteiger partial charge in [0.25, 0.3) is 11.5 Å². The van der Waals surface area contributed by atoms with E-state index in [0.29, 0.717) is 17.6 Å². The Morgan fingerprint density at radius 3 is 2.85 bits per heavy atom. The minimum absolute atomic E-state index is 0.0979. The lowest BCUT2D eigenvalue weighted by molar-refractivity contribution is 0.0945. The van der Waals surface area contributed by atoms with Crippen molar-refractivity contribution < 1.29 is 4.79 Å². The van der Waals surface area contributed by atoms with Crippen LogP contribution in [-0.4, -0.2) is 42.7 Å². The van der Waals surface area contributed by atoms with Crippen molar-refractivity contribution in [1.29, 1.82) is 0 Å². The highest BCUT2D eigenvalue weighted by Gasteiger charge is 2.37. The topological polar surface area (TPSA) is 84.0 Å². The molecule has 34 heavy (non-hydrogen) atoms. The molecule has 4 aromatic rings. The standard InChI is InChI=1S/C26H26N6O2/c1-30(22-11-17-5-7-19(22)10-17)14-18-6-8-23-28-20(16-31(23)15-18)13-27-26(34)21-12-25(33)32-9-3-2-4-24(32)29-21/h2-9,12,15-17,19,22H,10-11,13-14H2,1H3,(H,27,34). The third kappa shape index (κ3) is 3.80. The number of imidazole rings is 1. The molecule has 0 radical (unpaired) electrons. The van der Waals surface area contributed by atoms with Gasteiger partial charge in [-0.1, -0.05) is 24.3 Å². The highest BCUT2D eigenvalue weighted by Crippen LogP contribution is 2.41. The van der Waals surface area contributed by atoms with Gasteiger partial charge in [-0.05, 0) is 55.5 Å². The molecule has 2 aliphatic carbocycles. The SMILES string of the molecule is CN(Cc1ccc2nc(CNC(=O)c3cc(=O)n4ccccc4n3)cn2c1)C1CC2C=CC1C2. The highest BCUT2D eigenvalue weighted by atomic mass is 16.2. The zero-order chi connectivity index (χ0) is 23.2. The molecule has 2 aliphatic rings. The fourth-order valence-electron chi connectivity index (χ4n) is 5.36. The fraction of sp³-hybridized carbons (Fsp3) is 0.308. The van der Waals surface area contributed by atoms with Crippen LogP contribution in [0.1, 0.15) is 34.6 Å². The molecule has 4 heterocycles. The maximum atomic E-state index is 12.6. The summed E-state index contributed by atoms with van der Waals surface area (Å²) in [5.74, 6) is 1.05. The molecule has 3 unspecified atom stereocenters. The molecule has 2 bridgehead atoms. The van der Waals surface area contributed by atoms with E-state index in [1.54, 1.807) is 24.4 Å². The molecule has 1 N–H and O–H groups in total. The van der Waals surface area contributed by atoms with Gasteiger partial charge >= 0.3 is 0 Å². The van der Waals surface area contributed by atoms with Crippen LogP contribution in [-0.2, 0) is 13.1 Å². The van der Waals surface area contributed by atoms with E-state index in [1.807, 2.05) is 16.7 Å². The summed E-state index contributed by atoms with van der Waals surface area (Å²) in [4.78, 5) is 36.2. The van der Waals surface area contributed by atoms with Crippen molar-refractivity contribution in [3.8, 4) is 0 Å². The molecule has 0 aliphatic heterocycles. The second-order valence-corrected chi connectivity index (χ2v) is 9.39. The summed E-state index contributed by atoms with van der Waals surface area (Å²) in [7, 11) is 2.21. The van der Waals surface area contributed by atoms with Crippen molar-refractivity contribution in [3.63, 3.8) is 0 Å². The quantitative estimate of drug-likeness (QED) is 0.453. The van der Waals surface area contributed by atoms with Crippen LogP contribution in [0.2, 0.25) is 0 Å². The molecule has 4 aromatic heterocycles. The number of aromatic nitrogens is 4. The average Bonchev–Trinajstić information content (AvgIpc) is 3.58. The van der Waals surface area contributed by atoms with Gasteiger partial charge in [-0.3, -0.25) is 18.9 Å². The first-order valence-electron chi connectivity index (χ1n) is 11.7. The minimum atomic E-state index is -0.400. The number of nitrogens with one attached hydrogen (secondary N) is 1. The maximum absolute atomic E-state index is 12.6. The van der Waals surface area contributed by atoms with Crippen LogP contribution in [0.3, 0.4) is 0 Å². The Balaban J connectivity index is 1.13. The van der Waals surface area contributed by atoms with Gasteiger partial charge in [-0.15, -0.1) is 0 Å². The Hall–Kier alpha value is -3.78. The number of allylic oxidation sites excluding steroid dienone is 1. The monoisotopic (exact) mass is 454 g/mol. The average molecular weight is 455 g/mol. The first kappa shape index (κ1) is 20.8. The van der Waals surface area contributed by atoms with E-state index < -0.39 is 5.91 Å². The Morgan fingerprint density at radius 1 is 1.12 bits per heavy atom. The number of fused-ring (bicyclic) bond motifs is 4. The predicted octanol–water partition coefficient (Wildman–Crippen LogP) is 2.67. The van der Waals surface area contributed by atoms with Gasteiger partial charge in [0.05, 0.1) is 12.2 Å².